The minimum absolute atomic E-state index is 0.248. The molecule has 1 aromatic carbocycles. The molecule has 0 amide bonds. The van der Waals surface area contributed by atoms with Crippen LogP contribution >= 0.6 is 0 Å². The molecule has 0 aliphatic carbocycles. The van der Waals surface area contributed by atoms with E-state index in [2.05, 4.69) is 0 Å². The van der Waals surface area contributed by atoms with Gasteiger partial charge in [-0.05, 0) is 0 Å². The first-order chi connectivity index (χ1) is 8.71. The molecule has 10 nitrogen and oxygen atoms in total. The number of hydrogen-bond donors (Lipinski definition) is 1. The lowest BCUT2D eigenvalue weighted by atomic mass is 10.2. The molecule has 1 fully saturated rings. The maximum absolute atomic E-state index is 11.0. The number of rotatable bonds is 4. The molecule has 1 aromatic rings. The molecule has 1 saturated heterocycles. The van der Waals surface area contributed by atoms with Crippen LogP contribution in [0.25, 0.3) is 0 Å². The highest BCUT2D eigenvalue weighted by molar-refractivity contribution is 7.85. The average Bonchev–Trinajstić information content (AvgIpc) is 3.09. The van der Waals surface area contributed by atoms with Gasteiger partial charge in [0, 0.05) is 25.2 Å². The molecular formula is C8H7N3O7S. The third-order valence-electron chi connectivity index (χ3n) is 2.50. The van der Waals surface area contributed by atoms with Crippen molar-refractivity contribution in [1.82, 2.24) is 0 Å². The van der Waals surface area contributed by atoms with E-state index in [1.54, 1.807) is 0 Å². The van der Waals surface area contributed by atoms with Crippen molar-refractivity contribution < 1.29 is 22.8 Å². The monoisotopic (exact) mass is 289 g/mol. The normalized spacial score (nSPS) is 14.3. The Morgan fingerprint density at radius 3 is 1.79 bits per heavy atom. The van der Waals surface area contributed by atoms with Crippen LogP contribution in [0.2, 0.25) is 0 Å². The fourth-order valence-corrected chi connectivity index (χ4v) is 2.13. The molecule has 0 unspecified atom stereocenters. The van der Waals surface area contributed by atoms with E-state index in [1.807, 2.05) is 0 Å². The molecule has 19 heavy (non-hydrogen) atoms. The molecule has 102 valence electrons. The van der Waals surface area contributed by atoms with Gasteiger partial charge in [-0.25, -0.2) is 0 Å². The Morgan fingerprint density at radius 1 is 1.11 bits per heavy atom. The van der Waals surface area contributed by atoms with Crippen molar-refractivity contribution in [3.63, 3.8) is 0 Å². The molecule has 1 aliphatic heterocycles. The Bertz CT molecular complexity index is 645. The molecule has 11 heteroatoms. The number of hydrogen-bond acceptors (Lipinski definition) is 7. The van der Waals surface area contributed by atoms with E-state index in [9.17, 15) is 28.6 Å². The molecule has 0 radical (unpaired) electrons. The quantitative estimate of drug-likeness (QED) is 0.366. The van der Waals surface area contributed by atoms with E-state index in [0.717, 1.165) is 0 Å². The Morgan fingerprint density at radius 2 is 1.53 bits per heavy atom. The van der Waals surface area contributed by atoms with Crippen LogP contribution < -0.4 is 4.90 Å². The third-order valence-corrected chi connectivity index (χ3v) is 3.33. The second-order valence-corrected chi connectivity index (χ2v) is 5.21. The van der Waals surface area contributed by atoms with Gasteiger partial charge in [-0.15, -0.1) is 0 Å². The van der Waals surface area contributed by atoms with E-state index in [0.29, 0.717) is 25.2 Å². The molecule has 1 aliphatic rings. The largest absolute Gasteiger partial charge is 0.357 e. The average molecular weight is 289 g/mol. The number of benzene rings is 1. The first-order valence-electron chi connectivity index (χ1n) is 4.91. The van der Waals surface area contributed by atoms with Crippen molar-refractivity contribution in [2.45, 2.75) is 4.90 Å². The van der Waals surface area contributed by atoms with E-state index in [1.165, 1.54) is 4.90 Å². The van der Waals surface area contributed by atoms with Gasteiger partial charge in [0.05, 0.1) is 9.85 Å². The second kappa shape index (κ2) is 4.13. The molecule has 1 heterocycles. The summed E-state index contributed by atoms with van der Waals surface area (Å²) in [4.78, 5) is 20.4. The van der Waals surface area contributed by atoms with Gasteiger partial charge in [0.15, 0.2) is 5.69 Å². The smallest absolute Gasteiger partial charge is 0.301 e. The van der Waals surface area contributed by atoms with Gasteiger partial charge in [0.25, 0.3) is 10.1 Å². The number of anilines is 1. The Balaban J connectivity index is 2.79. The van der Waals surface area contributed by atoms with Crippen molar-refractivity contribution in [1.29, 1.82) is 0 Å². The summed E-state index contributed by atoms with van der Waals surface area (Å²) in [7, 11) is -4.76. The highest BCUT2D eigenvalue weighted by atomic mass is 32.2. The second-order valence-electron chi connectivity index (χ2n) is 3.79. The summed E-state index contributed by atoms with van der Waals surface area (Å²) >= 11 is 0. The standard InChI is InChI=1S/C8H7N3O7S/c12-10(13)6-3-5(19(16,17)18)4-7(11(14)15)8(6)9-1-2-9/h3-4H,1-2H2,(H,16,17,18). The summed E-state index contributed by atoms with van der Waals surface area (Å²) in [5.41, 5.74) is -1.69. The molecule has 0 atom stereocenters. The van der Waals surface area contributed by atoms with E-state index < -0.39 is 36.2 Å². The van der Waals surface area contributed by atoms with E-state index >= 15 is 0 Å². The molecule has 0 saturated carbocycles. The summed E-state index contributed by atoms with van der Waals surface area (Å²) in [6.07, 6.45) is 0. The molecule has 0 aromatic heterocycles. The van der Waals surface area contributed by atoms with Crippen LogP contribution in [-0.4, -0.2) is 35.9 Å². The van der Waals surface area contributed by atoms with Gasteiger partial charge in [-0.2, -0.15) is 8.42 Å². The van der Waals surface area contributed by atoms with Crippen molar-refractivity contribution >= 4 is 27.2 Å². The van der Waals surface area contributed by atoms with Crippen LogP contribution in [0.3, 0.4) is 0 Å². The lowest BCUT2D eigenvalue weighted by molar-refractivity contribution is -0.392. The summed E-state index contributed by atoms with van der Waals surface area (Å²) in [6, 6.07) is 1.21. The molecule has 0 spiro atoms. The molecular weight excluding hydrogens is 282 g/mol. The SMILES string of the molecule is O=[N+]([O-])c1cc(S(=O)(=O)O)cc([N+](=O)[O-])c1N1CC1. The van der Waals surface area contributed by atoms with Crippen molar-refractivity contribution in [3.05, 3.63) is 32.4 Å². The van der Waals surface area contributed by atoms with Gasteiger partial charge >= 0.3 is 11.4 Å². The predicted molar refractivity (Wildman–Crippen MR) is 61.8 cm³/mol. The summed E-state index contributed by atoms with van der Waals surface area (Å²) in [5, 5.41) is 21.8. The molecule has 1 N–H and O–H groups in total. The van der Waals surface area contributed by atoms with E-state index in [4.69, 9.17) is 4.55 Å². The highest BCUT2D eigenvalue weighted by Crippen LogP contribution is 2.42. The van der Waals surface area contributed by atoms with E-state index in [-0.39, 0.29) is 5.69 Å². The maximum Gasteiger partial charge on any atom is 0.301 e. The summed E-state index contributed by atoms with van der Waals surface area (Å²) in [5.74, 6) is 0. The first kappa shape index (κ1) is 13.2. The highest BCUT2D eigenvalue weighted by Gasteiger charge is 2.37. The van der Waals surface area contributed by atoms with Crippen LogP contribution in [-0.2, 0) is 10.1 Å². The van der Waals surface area contributed by atoms with Gasteiger partial charge in [-0.3, -0.25) is 24.8 Å². The van der Waals surface area contributed by atoms with Crippen molar-refractivity contribution in [2.24, 2.45) is 0 Å². The van der Waals surface area contributed by atoms with Gasteiger partial charge in [0.1, 0.15) is 4.90 Å². The lowest BCUT2D eigenvalue weighted by Crippen LogP contribution is -2.06. The van der Waals surface area contributed by atoms with Gasteiger partial charge in [0.2, 0.25) is 0 Å². The Hall–Kier alpha value is -2.27. The summed E-state index contributed by atoms with van der Waals surface area (Å²) in [6.45, 7) is 0.819. The van der Waals surface area contributed by atoms with Gasteiger partial charge in [-0.1, -0.05) is 0 Å². The maximum atomic E-state index is 11.0. The van der Waals surface area contributed by atoms with Crippen LogP contribution in [0.5, 0.6) is 0 Å². The van der Waals surface area contributed by atoms with Crippen molar-refractivity contribution in [2.75, 3.05) is 18.0 Å². The topological polar surface area (TPSA) is 144 Å². The molecule has 0 bridgehead atoms. The zero-order chi connectivity index (χ0) is 14.4. The zero-order valence-electron chi connectivity index (χ0n) is 9.22. The fraction of sp³-hybridized carbons (Fsp3) is 0.250. The predicted octanol–water partition coefficient (Wildman–Crippen LogP) is 0.570. The zero-order valence-corrected chi connectivity index (χ0v) is 10.0. The number of nitro groups is 2. The fourth-order valence-electron chi connectivity index (χ4n) is 1.60. The van der Waals surface area contributed by atoms with Crippen LogP contribution in [0.1, 0.15) is 0 Å². The number of nitro benzene ring substituents is 2. The number of nitrogens with zero attached hydrogens (tertiary/aromatic N) is 3. The van der Waals surface area contributed by atoms with Crippen molar-refractivity contribution in [3.8, 4) is 0 Å². The van der Waals surface area contributed by atoms with Crippen LogP contribution in [0.4, 0.5) is 17.1 Å². The van der Waals surface area contributed by atoms with Crippen LogP contribution in [0, 0.1) is 20.2 Å². The Kier molecular flexibility index (Phi) is 2.87. The third kappa shape index (κ3) is 2.46. The minimum Gasteiger partial charge on any atom is -0.357 e. The lowest BCUT2D eigenvalue weighted by Gasteiger charge is -2.06. The molecule has 2 rings (SSSR count). The van der Waals surface area contributed by atoms with Gasteiger partial charge < -0.3 is 4.90 Å². The Labute approximate surface area is 106 Å². The first-order valence-corrected chi connectivity index (χ1v) is 6.35. The summed E-state index contributed by atoms with van der Waals surface area (Å²) < 4.78 is 30.8. The minimum atomic E-state index is -4.76. The van der Waals surface area contributed by atoms with Crippen LogP contribution in [0.15, 0.2) is 17.0 Å².